The largest absolute Gasteiger partial charge is 0.369 e. The Balaban J connectivity index is 1.90. The van der Waals surface area contributed by atoms with E-state index in [1.165, 1.54) is 12.3 Å². The Kier molecular flexibility index (Phi) is 5.08. The fourth-order valence-electron chi connectivity index (χ4n) is 1.87. The fraction of sp³-hybridized carbons (Fsp3) is 0.214. The molecule has 0 bridgehead atoms. The van der Waals surface area contributed by atoms with E-state index in [-0.39, 0.29) is 16.8 Å². The lowest BCUT2D eigenvalue weighted by Gasteiger charge is -2.13. The first-order valence-electron chi connectivity index (χ1n) is 6.42. The van der Waals surface area contributed by atoms with E-state index in [4.69, 9.17) is 17.3 Å². The summed E-state index contributed by atoms with van der Waals surface area (Å²) < 4.78 is 0. The topological polar surface area (TPSA) is 94.1 Å². The minimum Gasteiger partial charge on any atom is -0.369 e. The second-order valence-corrected chi connectivity index (χ2v) is 4.92. The zero-order chi connectivity index (χ0) is 15.2. The molecule has 0 aliphatic rings. The first-order chi connectivity index (χ1) is 10.1. The van der Waals surface area contributed by atoms with E-state index in [2.05, 4.69) is 10.3 Å². The minimum atomic E-state index is -0.534. The molecule has 0 saturated heterocycles. The van der Waals surface area contributed by atoms with Gasteiger partial charge >= 0.3 is 0 Å². The Labute approximate surface area is 127 Å². The highest BCUT2D eigenvalue weighted by Gasteiger charge is 2.11. The Morgan fingerprint density at radius 2 is 2.10 bits per heavy atom. The molecule has 0 saturated carbocycles. The van der Waals surface area contributed by atoms with Gasteiger partial charge in [0.1, 0.15) is 12.0 Å². The lowest BCUT2D eigenvalue weighted by molar-refractivity contribution is -0.385. The number of aromatic nitrogens is 1. The molecule has 2 rings (SSSR count). The summed E-state index contributed by atoms with van der Waals surface area (Å²) in [5.74, 6) is 0.419. The molecule has 21 heavy (non-hydrogen) atoms. The van der Waals surface area contributed by atoms with Gasteiger partial charge in [0.15, 0.2) is 0 Å². The standard InChI is InChI=1S/C14H15ClN4O2/c15-12-8-11(19(20)21)9-18-14(12)17-7-6-13(16)10-4-2-1-3-5-10/h1-5,8-9,13H,6-7,16H2,(H,17,18). The summed E-state index contributed by atoms with van der Waals surface area (Å²) in [6.45, 7) is 0.570. The molecule has 6 nitrogen and oxygen atoms in total. The van der Waals surface area contributed by atoms with E-state index in [9.17, 15) is 10.1 Å². The van der Waals surface area contributed by atoms with Crippen molar-refractivity contribution in [2.24, 2.45) is 5.73 Å². The first kappa shape index (κ1) is 15.2. The van der Waals surface area contributed by atoms with Gasteiger partial charge in [-0.25, -0.2) is 4.98 Å². The van der Waals surface area contributed by atoms with E-state index in [0.29, 0.717) is 18.8 Å². The number of hydrogen-bond donors (Lipinski definition) is 2. The van der Waals surface area contributed by atoms with Gasteiger partial charge in [0.2, 0.25) is 0 Å². The number of nitro groups is 1. The van der Waals surface area contributed by atoms with Crippen LogP contribution in [-0.4, -0.2) is 16.5 Å². The molecule has 1 aromatic carbocycles. The van der Waals surface area contributed by atoms with Crippen molar-refractivity contribution in [2.45, 2.75) is 12.5 Å². The van der Waals surface area contributed by atoms with E-state index >= 15 is 0 Å². The molecule has 1 heterocycles. The van der Waals surface area contributed by atoms with Gasteiger partial charge in [0.25, 0.3) is 5.69 Å². The predicted octanol–water partition coefficient (Wildman–Crippen LogP) is 3.15. The molecule has 3 N–H and O–H groups in total. The van der Waals surface area contributed by atoms with Crippen LogP contribution in [0.25, 0.3) is 0 Å². The molecule has 1 atom stereocenters. The minimum absolute atomic E-state index is 0.0875. The van der Waals surface area contributed by atoms with Crippen molar-refractivity contribution in [3.8, 4) is 0 Å². The van der Waals surface area contributed by atoms with Gasteiger partial charge in [-0.1, -0.05) is 41.9 Å². The summed E-state index contributed by atoms with van der Waals surface area (Å²) in [6, 6.07) is 11.0. The van der Waals surface area contributed by atoms with Crippen LogP contribution < -0.4 is 11.1 Å². The number of hydrogen-bond acceptors (Lipinski definition) is 5. The molecular weight excluding hydrogens is 292 g/mol. The number of pyridine rings is 1. The SMILES string of the molecule is NC(CCNc1ncc([N+](=O)[O-])cc1Cl)c1ccccc1. The van der Waals surface area contributed by atoms with Crippen molar-refractivity contribution >= 4 is 23.1 Å². The van der Waals surface area contributed by atoms with E-state index < -0.39 is 4.92 Å². The summed E-state index contributed by atoms with van der Waals surface area (Å²) in [5, 5.41) is 13.8. The van der Waals surface area contributed by atoms with Crippen LogP contribution in [0.5, 0.6) is 0 Å². The second-order valence-electron chi connectivity index (χ2n) is 4.51. The maximum atomic E-state index is 10.6. The number of nitrogens with one attached hydrogen (secondary N) is 1. The van der Waals surface area contributed by atoms with Gasteiger partial charge in [0.05, 0.1) is 9.95 Å². The Hall–Kier alpha value is -2.18. The number of nitrogens with zero attached hydrogens (tertiary/aromatic N) is 2. The summed E-state index contributed by atoms with van der Waals surface area (Å²) >= 11 is 5.95. The molecule has 0 aliphatic heterocycles. The smallest absolute Gasteiger partial charge is 0.289 e. The number of benzene rings is 1. The molecule has 0 fully saturated rings. The third-order valence-corrected chi connectivity index (χ3v) is 3.30. The molecule has 0 aliphatic carbocycles. The Morgan fingerprint density at radius 3 is 2.71 bits per heavy atom. The normalized spacial score (nSPS) is 11.9. The summed E-state index contributed by atoms with van der Waals surface area (Å²) in [7, 11) is 0. The van der Waals surface area contributed by atoms with E-state index in [1.807, 2.05) is 30.3 Å². The number of rotatable bonds is 6. The van der Waals surface area contributed by atoms with Crippen molar-refractivity contribution in [2.75, 3.05) is 11.9 Å². The fourth-order valence-corrected chi connectivity index (χ4v) is 2.10. The van der Waals surface area contributed by atoms with Crippen LogP contribution in [0.3, 0.4) is 0 Å². The molecule has 1 unspecified atom stereocenters. The van der Waals surface area contributed by atoms with Gasteiger partial charge in [-0.2, -0.15) is 0 Å². The molecule has 1 aromatic heterocycles. The van der Waals surface area contributed by atoms with Gasteiger partial charge < -0.3 is 11.1 Å². The van der Waals surface area contributed by atoms with Crippen molar-refractivity contribution < 1.29 is 4.92 Å². The van der Waals surface area contributed by atoms with Crippen LogP contribution in [0.4, 0.5) is 11.5 Å². The molecule has 110 valence electrons. The van der Waals surface area contributed by atoms with Gasteiger partial charge in [-0.05, 0) is 12.0 Å². The third-order valence-electron chi connectivity index (χ3n) is 3.01. The average Bonchev–Trinajstić information content (AvgIpc) is 2.49. The number of anilines is 1. The van der Waals surface area contributed by atoms with E-state index in [1.54, 1.807) is 0 Å². The first-order valence-corrected chi connectivity index (χ1v) is 6.80. The highest BCUT2D eigenvalue weighted by molar-refractivity contribution is 6.33. The molecular formula is C14H15ClN4O2. The highest BCUT2D eigenvalue weighted by Crippen LogP contribution is 2.24. The van der Waals surface area contributed by atoms with Crippen molar-refractivity contribution in [1.82, 2.24) is 4.98 Å². The van der Waals surface area contributed by atoms with Crippen molar-refractivity contribution in [3.05, 3.63) is 63.3 Å². The zero-order valence-corrected chi connectivity index (χ0v) is 12.0. The monoisotopic (exact) mass is 306 g/mol. The third kappa shape index (κ3) is 4.14. The summed E-state index contributed by atoms with van der Waals surface area (Å²) in [4.78, 5) is 14.0. The number of nitrogens with two attached hydrogens (primary N) is 1. The maximum Gasteiger partial charge on any atom is 0.289 e. The summed E-state index contributed by atoms with van der Waals surface area (Å²) in [5.41, 5.74) is 7.00. The number of halogens is 1. The molecule has 0 amide bonds. The van der Waals surface area contributed by atoms with Crippen molar-refractivity contribution in [3.63, 3.8) is 0 Å². The van der Waals surface area contributed by atoms with Crippen LogP contribution in [0.1, 0.15) is 18.0 Å². The molecule has 7 heteroatoms. The average molecular weight is 307 g/mol. The van der Waals surface area contributed by atoms with Crippen LogP contribution in [0.15, 0.2) is 42.6 Å². The Morgan fingerprint density at radius 1 is 1.38 bits per heavy atom. The highest BCUT2D eigenvalue weighted by atomic mass is 35.5. The molecule has 2 aromatic rings. The van der Waals surface area contributed by atoms with Crippen LogP contribution in [-0.2, 0) is 0 Å². The van der Waals surface area contributed by atoms with Gasteiger partial charge in [-0.3, -0.25) is 10.1 Å². The predicted molar refractivity (Wildman–Crippen MR) is 82.4 cm³/mol. The quantitative estimate of drug-likeness (QED) is 0.631. The summed E-state index contributed by atoms with van der Waals surface area (Å²) in [6.07, 6.45) is 1.87. The van der Waals surface area contributed by atoms with Crippen molar-refractivity contribution in [1.29, 1.82) is 0 Å². The Bertz CT molecular complexity index is 622. The lowest BCUT2D eigenvalue weighted by Crippen LogP contribution is -2.15. The van der Waals surface area contributed by atoms with Crippen LogP contribution in [0, 0.1) is 10.1 Å². The molecule has 0 spiro atoms. The lowest BCUT2D eigenvalue weighted by atomic mass is 10.1. The van der Waals surface area contributed by atoms with Gasteiger partial charge in [-0.15, -0.1) is 0 Å². The van der Waals surface area contributed by atoms with Gasteiger partial charge in [0, 0.05) is 18.7 Å². The maximum absolute atomic E-state index is 10.6. The second kappa shape index (κ2) is 7.01. The van der Waals surface area contributed by atoms with Crippen LogP contribution >= 0.6 is 11.6 Å². The molecule has 0 radical (unpaired) electrons. The van der Waals surface area contributed by atoms with Crippen LogP contribution in [0.2, 0.25) is 5.02 Å². The zero-order valence-electron chi connectivity index (χ0n) is 11.2. The van der Waals surface area contributed by atoms with E-state index in [0.717, 1.165) is 5.56 Å².